The topological polar surface area (TPSA) is 128 Å². The number of fused-ring (bicyclic) bond motifs is 1. The van der Waals surface area contributed by atoms with E-state index in [0.29, 0.717) is 11.4 Å². The van der Waals surface area contributed by atoms with Gasteiger partial charge >= 0.3 is 12.3 Å². The zero-order valence-corrected chi connectivity index (χ0v) is 15.5. The fourth-order valence-corrected chi connectivity index (χ4v) is 2.83. The number of rotatable bonds is 4. The number of nitrogens with zero attached hydrogens (tertiary/aromatic N) is 7. The normalized spacial score (nSPS) is 12.8. The Morgan fingerprint density at radius 3 is 2.83 bits per heavy atom. The zero-order valence-electron chi connectivity index (χ0n) is 15.5. The molecule has 1 amide bonds. The number of carbonyl (C=O) groups excluding carboxylic acids is 1. The van der Waals surface area contributed by atoms with E-state index < -0.39 is 24.3 Å². The number of amides is 1. The second kappa shape index (κ2) is 7.13. The molecule has 0 radical (unpaired) electrons. The van der Waals surface area contributed by atoms with Crippen molar-refractivity contribution >= 4 is 11.9 Å². The summed E-state index contributed by atoms with van der Waals surface area (Å²) in [4.78, 5) is 27.6. The van der Waals surface area contributed by atoms with Crippen molar-refractivity contribution in [1.29, 1.82) is 0 Å². The fourth-order valence-electron chi connectivity index (χ4n) is 2.83. The Kier molecular flexibility index (Phi) is 4.60. The molecular weight excluding hydrogens is 407 g/mol. The third-order valence-corrected chi connectivity index (χ3v) is 4.15. The molecule has 30 heavy (non-hydrogen) atoms. The van der Waals surface area contributed by atoms with Crippen LogP contribution < -0.4 is 5.32 Å². The first kappa shape index (κ1) is 19.4. The van der Waals surface area contributed by atoms with Crippen molar-refractivity contribution in [1.82, 2.24) is 44.4 Å². The van der Waals surface area contributed by atoms with E-state index in [1.54, 1.807) is 23.6 Å². The Balaban J connectivity index is 1.88. The van der Waals surface area contributed by atoms with Crippen LogP contribution in [0.4, 0.5) is 18.0 Å². The highest BCUT2D eigenvalue weighted by Gasteiger charge is 2.36. The van der Waals surface area contributed by atoms with Gasteiger partial charge in [-0.05, 0) is 13.0 Å². The maximum absolute atomic E-state index is 13.0. The van der Waals surface area contributed by atoms with Gasteiger partial charge in [-0.1, -0.05) is 0 Å². The van der Waals surface area contributed by atoms with Gasteiger partial charge in [0, 0.05) is 19.4 Å². The molecule has 0 saturated carbocycles. The smallest absolute Gasteiger partial charge is 0.425 e. The molecule has 156 valence electrons. The lowest BCUT2D eigenvalue weighted by Crippen LogP contribution is -2.23. The molecule has 1 atom stereocenters. The number of halogens is 3. The second-order valence-electron chi connectivity index (χ2n) is 6.04. The van der Waals surface area contributed by atoms with Gasteiger partial charge in [0.15, 0.2) is 6.23 Å². The van der Waals surface area contributed by atoms with Gasteiger partial charge in [-0.2, -0.15) is 18.3 Å². The van der Waals surface area contributed by atoms with Crippen molar-refractivity contribution in [3.05, 3.63) is 36.8 Å². The summed E-state index contributed by atoms with van der Waals surface area (Å²) in [6.45, 7) is 1.61. The average molecular weight is 421 g/mol. The number of aromatic nitrogens is 8. The number of hydrogen-bond donors (Lipinski definition) is 2. The molecular formula is C16H14F3N9O2. The van der Waals surface area contributed by atoms with Gasteiger partial charge in [-0.3, -0.25) is 14.1 Å². The summed E-state index contributed by atoms with van der Waals surface area (Å²) in [5.74, 6) is -1.30. The molecule has 1 unspecified atom stereocenters. The number of carbonyl (C=O) groups is 1. The third-order valence-electron chi connectivity index (χ3n) is 4.15. The standard InChI is InChI=1S/C16H14F3N9O2/c1-8(30-15(29)20-2)28-7-21-6-9(28)11-10(23-14-22-4-3-5-27(11)14)12-24-13(26-25-12)16(17,18)19/h3-8H,1-2H3,(H,20,29)(H,24,25,26). The molecule has 4 aromatic heterocycles. The minimum atomic E-state index is -4.69. The number of H-pyrrole nitrogens is 1. The Morgan fingerprint density at radius 2 is 2.13 bits per heavy atom. The van der Waals surface area contributed by atoms with Crippen molar-refractivity contribution in [3.63, 3.8) is 0 Å². The second-order valence-corrected chi connectivity index (χ2v) is 6.04. The van der Waals surface area contributed by atoms with Crippen LogP contribution in [-0.2, 0) is 10.9 Å². The molecule has 0 aromatic carbocycles. The van der Waals surface area contributed by atoms with Crippen LogP contribution >= 0.6 is 0 Å². The number of nitrogens with one attached hydrogen (secondary N) is 2. The van der Waals surface area contributed by atoms with Crippen molar-refractivity contribution < 1.29 is 22.7 Å². The van der Waals surface area contributed by atoms with Crippen LogP contribution in [-0.4, -0.2) is 52.2 Å². The van der Waals surface area contributed by atoms with Crippen molar-refractivity contribution in [2.24, 2.45) is 0 Å². The van der Waals surface area contributed by atoms with Gasteiger partial charge in [0.2, 0.25) is 17.4 Å². The molecule has 0 spiro atoms. The SMILES string of the molecule is CNC(=O)OC(C)n1cncc1-c1c(-c2n[nH]c(C(F)(F)F)n2)nc2ncccn12. The minimum Gasteiger partial charge on any atom is -0.425 e. The van der Waals surface area contributed by atoms with E-state index in [2.05, 4.69) is 30.4 Å². The fraction of sp³-hybridized carbons (Fsp3) is 0.250. The van der Waals surface area contributed by atoms with E-state index in [1.807, 2.05) is 5.10 Å². The van der Waals surface area contributed by atoms with Crippen molar-refractivity contribution in [2.75, 3.05) is 7.05 Å². The van der Waals surface area contributed by atoms with Gasteiger partial charge in [-0.25, -0.2) is 24.7 Å². The Bertz CT molecular complexity index is 1210. The molecule has 14 heteroatoms. The first-order chi connectivity index (χ1) is 14.3. The molecule has 0 bridgehead atoms. The summed E-state index contributed by atoms with van der Waals surface area (Å²) in [6.07, 6.45) is -0.138. The molecule has 0 saturated heterocycles. The lowest BCUT2D eigenvalue weighted by molar-refractivity contribution is -0.144. The van der Waals surface area contributed by atoms with Crippen LogP contribution in [0.15, 0.2) is 31.0 Å². The molecule has 4 rings (SSSR count). The van der Waals surface area contributed by atoms with E-state index in [-0.39, 0.29) is 17.3 Å². The van der Waals surface area contributed by atoms with Crippen LogP contribution in [0.3, 0.4) is 0 Å². The largest absolute Gasteiger partial charge is 0.451 e. The number of aromatic amines is 1. The first-order valence-corrected chi connectivity index (χ1v) is 8.53. The molecule has 0 fully saturated rings. The Labute approximate surface area is 166 Å². The van der Waals surface area contributed by atoms with E-state index in [1.165, 1.54) is 30.3 Å². The lowest BCUT2D eigenvalue weighted by atomic mass is 10.2. The number of alkyl carbamates (subject to hydrolysis) is 1. The zero-order chi connectivity index (χ0) is 21.5. The molecule has 4 aromatic rings. The van der Waals surface area contributed by atoms with Crippen LogP contribution in [0, 0.1) is 0 Å². The van der Waals surface area contributed by atoms with Gasteiger partial charge in [0.25, 0.3) is 0 Å². The number of ether oxygens (including phenoxy) is 1. The number of hydrogen-bond acceptors (Lipinski definition) is 7. The maximum Gasteiger partial charge on any atom is 0.451 e. The van der Waals surface area contributed by atoms with Crippen LogP contribution in [0.5, 0.6) is 0 Å². The Morgan fingerprint density at radius 1 is 1.33 bits per heavy atom. The molecule has 4 heterocycles. The van der Waals surface area contributed by atoms with E-state index >= 15 is 0 Å². The summed E-state index contributed by atoms with van der Waals surface area (Å²) in [5.41, 5.74) is 0.783. The maximum atomic E-state index is 13.0. The van der Waals surface area contributed by atoms with E-state index in [0.717, 1.165) is 0 Å². The van der Waals surface area contributed by atoms with Gasteiger partial charge in [0.1, 0.15) is 11.4 Å². The highest BCUT2D eigenvalue weighted by atomic mass is 19.4. The quantitative estimate of drug-likeness (QED) is 0.517. The van der Waals surface area contributed by atoms with Crippen molar-refractivity contribution in [2.45, 2.75) is 19.3 Å². The highest BCUT2D eigenvalue weighted by molar-refractivity contribution is 5.76. The highest BCUT2D eigenvalue weighted by Crippen LogP contribution is 2.33. The van der Waals surface area contributed by atoms with E-state index in [9.17, 15) is 18.0 Å². The molecule has 2 N–H and O–H groups in total. The average Bonchev–Trinajstić information content (AvgIpc) is 3.43. The summed E-state index contributed by atoms with van der Waals surface area (Å²) < 4.78 is 47.2. The Hall–Kier alpha value is -3.97. The number of imidazole rings is 2. The van der Waals surface area contributed by atoms with Crippen molar-refractivity contribution in [3.8, 4) is 22.9 Å². The first-order valence-electron chi connectivity index (χ1n) is 8.53. The lowest BCUT2D eigenvalue weighted by Gasteiger charge is -2.17. The summed E-state index contributed by atoms with van der Waals surface area (Å²) >= 11 is 0. The summed E-state index contributed by atoms with van der Waals surface area (Å²) in [7, 11) is 1.42. The molecule has 0 aliphatic heterocycles. The number of alkyl halides is 3. The van der Waals surface area contributed by atoms with Crippen LogP contribution in [0.25, 0.3) is 28.7 Å². The third kappa shape index (κ3) is 3.31. The van der Waals surface area contributed by atoms with Gasteiger partial charge in [-0.15, -0.1) is 0 Å². The monoisotopic (exact) mass is 421 g/mol. The minimum absolute atomic E-state index is 0.0503. The van der Waals surface area contributed by atoms with Crippen LogP contribution in [0.2, 0.25) is 0 Å². The molecule has 0 aliphatic rings. The van der Waals surface area contributed by atoms with Gasteiger partial charge < -0.3 is 10.1 Å². The molecule has 0 aliphatic carbocycles. The predicted octanol–water partition coefficient (Wildman–Crippen LogP) is 2.27. The predicted molar refractivity (Wildman–Crippen MR) is 94.8 cm³/mol. The van der Waals surface area contributed by atoms with E-state index in [4.69, 9.17) is 4.74 Å². The summed E-state index contributed by atoms with van der Waals surface area (Å²) in [6, 6.07) is 1.63. The summed E-state index contributed by atoms with van der Waals surface area (Å²) in [5, 5.41) is 7.89. The van der Waals surface area contributed by atoms with Gasteiger partial charge in [0.05, 0.1) is 18.2 Å². The van der Waals surface area contributed by atoms with Crippen LogP contribution in [0.1, 0.15) is 19.0 Å². The molecule has 11 nitrogen and oxygen atoms in total.